The summed E-state index contributed by atoms with van der Waals surface area (Å²) in [5, 5.41) is 26.7. The molecule has 6 heteroatoms. The number of hydrogen-bond acceptors (Lipinski definition) is 5. The number of methoxy groups -OCH3 is 1. The largest absolute Gasteiger partial charge is 0.394 e. The summed E-state index contributed by atoms with van der Waals surface area (Å²) in [5.74, 6) is 0. The highest BCUT2D eigenvalue weighted by atomic mass is 35.5. The predicted molar refractivity (Wildman–Crippen MR) is 44.4 cm³/mol. The topological polar surface area (TPSA) is 79.2 Å². The van der Waals surface area contributed by atoms with Crippen LogP contribution in [0.4, 0.5) is 0 Å². The maximum Gasteiger partial charge on any atom is 0.186 e. The van der Waals surface area contributed by atoms with Crippen LogP contribution < -0.4 is 0 Å². The lowest BCUT2D eigenvalue weighted by Crippen LogP contribution is -2.56. The van der Waals surface area contributed by atoms with Crippen molar-refractivity contribution in [2.75, 3.05) is 13.7 Å². The first-order valence-electron chi connectivity index (χ1n) is 3.91. The van der Waals surface area contributed by atoms with Crippen molar-refractivity contribution >= 4 is 11.6 Å². The number of halogens is 1. The monoisotopic (exact) mass is 212 g/mol. The minimum atomic E-state index is -1.18. The van der Waals surface area contributed by atoms with Crippen LogP contribution in [0.5, 0.6) is 0 Å². The molecule has 0 radical (unpaired) electrons. The molecule has 0 aromatic carbocycles. The molecule has 0 aromatic rings. The highest BCUT2D eigenvalue weighted by Gasteiger charge is 2.43. The Labute approximate surface area is 80.8 Å². The van der Waals surface area contributed by atoms with Crippen molar-refractivity contribution in [2.24, 2.45) is 0 Å². The highest BCUT2D eigenvalue weighted by molar-refractivity contribution is 6.21. The molecule has 5 atom stereocenters. The van der Waals surface area contributed by atoms with Gasteiger partial charge in [0.15, 0.2) is 6.29 Å². The molecule has 0 amide bonds. The summed E-state index contributed by atoms with van der Waals surface area (Å²) in [5.41, 5.74) is 0. The summed E-state index contributed by atoms with van der Waals surface area (Å²) >= 11 is 5.70. The van der Waals surface area contributed by atoms with Gasteiger partial charge in [0.05, 0.1) is 12.0 Å². The van der Waals surface area contributed by atoms with Crippen LogP contribution in [-0.2, 0) is 9.47 Å². The third-order valence-corrected chi connectivity index (χ3v) is 2.57. The first-order valence-corrected chi connectivity index (χ1v) is 4.34. The second-order valence-corrected chi connectivity index (χ2v) is 3.39. The van der Waals surface area contributed by atoms with Gasteiger partial charge in [0.25, 0.3) is 0 Å². The summed E-state index contributed by atoms with van der Waals surface area (Å²) in [7, 11) is 1.34. The summed E-state index contributed by atoms with van der Waals surface area (Å²) in [6.45, 7) is -0.322. The lowest BCUT2D eigenvalue weighted by Gasteiger charge is -2.38. The fourth-order valence-corrected chi connectivity index (χ4v) is 1.52. The summed E-state index contributed by atoms with van der Waals surface area (Å²) in [4.78, 5) is 0. The van der Waals surface area contributed by atoms with Gasteiger partial charge >= 0.3 is 0 Å². The van der Waals surface area contributed by atoms with E-state index in [9.17, 15) is 10.2 Å². The van der Waals surface area contributed by atoms with Crippen molar-refractivity contribution in [2.45, 2.75) is 30.0 Å². The van der Waals surface area contributed by atoms with E-state index >= 15 is 0 Å². The van der Waals surface area contributed by atoms with Gasteiger partial charge < -0.3 is 24.8 Å². The molecule has 3 N–H and O–H groups in total. The first kappa shape index (κ1) is 11.2. The van der Waals surface area contributed by atoms with Crippen LogP contribution in [0.2, 0.25) is 0 Å². The molecule has 5 nitrogen and oxygen atoms in total. The highest BCUT2D eigenvalue weighted by Crippen LogP contribution is 2.25. The van der Waals surface area contributed by atoms with Crippen molar-refractivity contribution in [1.82, 2.24) is 0 Å². The Balaban J connectivity index is 2.66. The zero-order valence-corrected chi connectivity index (χ0v) is 7.89. The Hall–Kier alpha value is 0.0900. The van der Waals surface area contributed by atoms with E-state index in [2.05, 4.69) is 0 Å². The second-order valence-electron chi connectivity index (χ2n) is 2.89. The fourth-order valence-electron chi connectivity index (χ4n) is 1.24. The zero-order chi connectivity index (χ0) is 10.0. The van der Waals surface area contributed by atoms with E-state index in [4.69, 9.17) is 26.2 Å². The Bertz CT molecular complexity index is 147. The van der Waals surface area contributed by atoms with Crippen molar-refractivity contribution in [3.63, 3.8) is 0 Å². The molecular formula is C7H13ClO5. The van der Waals surface area contributed by atoms with E-state index in [-0.39, 0.29) is 6.61 Å². The standard InChI is InChI=1S/C7H13ClO5/c1-12-7-6(11)5(10)4(8)3(2-9)13-7/h3-7,9-11H,2H2,1H3/t3?,4-,5+,6?,7-/m0/s1. The maximum atomic E-state index is 9.40. The van der Waals surface area contributed by atoms with E-state index in [1.807, 2.05) is 0 Å². The van der Waals surface area contributed by atoms with Crippen molar-refractivity contribution in [3.8, 4) is 0 Å². The SMILES string of the molecule is CO[C@H]1OC(CO)[C@H](Cl)[C@@H](O)C1O. The molecule has 0 aliphatic carbocycles. The Kier molecular flexibility index (Phi) is 3.90. The van der Waals surface area contributed by atoms with Crippen LogP contribution in [0.3, 0.4) is 0 Å². The minimum Gasteiger partial charge on any atom is -0.394 e. The Morgan fingerprint density at radius 1 is 1.38 bits per heavy atom. The van der Waals surface area contributed by atoms with Gasteiger partial charge in [-0.25, -0.2) is 0 Å². The van der Waals surface area contributed by atoms with Crippen molar-refractivity contribution < 1.29 is 24.8 Å². The van der Waals surface area contributed by atoms with Crippen LogP contribution in [0, 0.1) is 0 Å². The smallest absolute Gasteiger partial charge is 0.186 e. The van der Waals surface area contributed by atoms with Crippen LogP contribution in [-0.4, -0.2) is 59.0 Å². The number of ether oxygens (including phenoxy) is 2. The maximum absolute atomic E-state index is 9.40. The lowest BCUT2D eigenvalue weighted by molar-refractivity contribution is -0.260. The van der Waals surface area contributed by atoms with Gasteiger partial charge in [0.1, 0.15) is 18.3 Å². The average molecular weight is 213 g/mol. The van der Waals surface area contributed by atoms with E-state index in [0.29, 0.717) is 0 Å². The Morgan fingerprint density at radius 2 is 2.00 bits per heavy atom. The molecule has 0 aromatic heterocycles. The zero-order valence-electron chi connectivity index (χ0n) is 7.13. The number of aliphatic hydroxyl groups is 3. The second kappa shape index (κ2) is 4.54. The average Bonchev–Trinajstić information content (AvgIpc) is 2.15. The third kappa shape index (κ3) is 2.12. The lowest BCUT2D eigenvalue weighted by atomic mass is 10.0. The van der Waals surface area contributed by atoms with Crippen LogP contribution in [0.1, 0.15) is 0 Å². The normalized spacial score (nSPS) is 46.4. The molecule has 1 fully saturated rings. The van der Waals surface area contributed by atoms with Gasteiger partial charge in [-0.1, -0.05) is 0 Å². The van der Waals surface area contributed by atoms with Crippen molar-refractivity contribution in [1.29, 1.82) is 0 Å². The van der Waals surface area contributed by atoms with Gasteiger partial charge in [-0.2, -0.15) is 0 Å². The minimum absolute atomic E-state index is 0.322. The van der Waals surface area contributed by atoms with Gasteiger partial charge in [0, 0.05) is 7.11 Å². The molecule has 1 aliphatic heterocycles. The van der Waals surface area contributed by atoms with Crippen LogP contribution in [0.15, 0.2) is 0 Å². The number of aliphatic hydroxyl groups excluding tert-OH is 3. The molecular weight excluding hydrogens is 200 g/mol. The number of alkyl halides is 1. The quantitative estimate of drug-likeness (QED) is 0.495. The molecule has 2 unspecified atom stereocenters. The molecule has 1 heterocycles. The van der Waals surface area contributed by atoms with E-state index in [1.165, 1.54) is 7.11 Å². The van der Waals surface area contributed by atoms with Gasteiger partial charge in [-0.3, -0.25) is 0 Å². The summed E-state index contributed by atoms with van der Waals surface area (Å²) in [6.07, 6.45) is -4.00. The van der Waals surface area contributed by atoms with Gasteiger partial charge in [-0.05, 0) is 0 Å². The number of rotatable bonds is 2. The summed E-state index contributed by atoms with van der Waals surface area (Å²) in [6, 6.07) is 0. The van der Waals surface area contributed by atoms with Crippen molar-refractivity contribution in [3.05, 3.63) is 0 Å². The molecule has 13 heavy (non-hydrogen) atoms. The van der Waals surface area contributed by atoms with Gasteiger partial charge in [-0.15, -0.1) is 11.6 Å². The molecule has 1 aliphatic rings. The fraction of sp³-hybridized carbons (Fsp3) is 1.00. The molecule has 0 bridgehead atoms. The predicted octanol–water partition coefficient (Wildman–Crippen LogP) is -1.32. The number of hydrogen-bond donors (Lipinski definition) is 3. The van der Waals surface area contributed by atoms with Crippen LogP contribution in [0.25, 0.3) is 0 Å². The first-order chi connectivity index (χ1) is 6.11. The summed E-state index contributed by atoms with van der Waals surface area (Å²) < 4.78 is 9.82. The molecule has 0 spiro atoms. The van der Waals surface area contributed by atoms with E-state index in [1.54, 1.807) is 0 Å². The van der Waals surface area contributed by atoms with Gasteiger partial charge in [0.2, 0.25) is 0 Å². The van der Waals surface area contributed by atoms with E-state index in [0.717, 1.165) is 0 Å². The molecule has 1 saturated heterocycles. The molecule has 1 rings (SSSR count). The Morgan fingerprint density at radius 3 is 2.46 bits per heavy atom. The third-order valence-electron chi connectivity index (χ3n) is 2.03. The molecule has 78 valence electrons. The van der Waals surface area contributed by atoms with Crippen LogP contribution >= 0.6 is 11.6 Å². The van der Waals surface area contributed by atoms with E-state index < -0.39 is 30.0 Å². The molecule has 0 saturated carbocycles.